The molecular formula is C11H17N3S. The average molecular weight is 223 g/mol. The third-order valence-corrected chi connectivity index (χ3v) is 3.95. The van der Waals surface area contributed by atoms with Crippen LogP contribution in [0, 0.1) is 12.8 Å². The summed E-state index contributed by atoms with van der Waals surface area (Å²) >= 11 is 2.04. The van der Waals surface area contributed by atoms with E-state index in [2.05, 4.69) is 10.3 Å². The molecule has 1 fully saturated rings. The Bertz CT molecular complexity index is 335. The van der Waals surface area contributed by atoms with Crippen LogP contribution in [0.15, 0.2) is 12.1 Å². The van der Waals surface area contributed by atoms with Gasteiger partial charge in [0.2, 0.25) is 0 Å². The maximum Gasteiger partial charge on any atom is 0.126 e. The molecule has 4 heteroatoms. The third-order valence-electron chi connectivity index (χ3n) is 2.72. The molecule has 1 unspecified atom stereocenters. The number of hydrogen-bond acceptors (Lipinski definition) is 4. The number of nitrogens with one attached hydrogen (secondary N) is 1. The van der Waals surface area contributed by atoms with Crippen LogP contribution in [0.3, 0.4) is 0 Å². The van der Waals surface area contributed by atoms with E-state index < -0.39 is 0 Å². The maximum atomic E-state index is 5.71. The Hall–Kier alpha value is -0.900. The lowest BCUT2D eigenvalue weighted by molar-refractivity contribution is 0.630. The van der Waals surface area contributed by atoms with Crippen LogP contribution in [0.2, 0.25) is 0 Å². The molecule has 1 aromatic heterocycles. The number of aryl methyl sites for hydroxylation is 1. The van der Waals surface area contributed by atoms with Gasteiger partial charge in [-0.2, -0.15) is 11.8 Å². The quantitative estimate of drug-likeness (QED) is 0.824. The van der Waals surface area contributed by atoms with Crippen molar-refractivity contribution in [1.82, 2.24) is 4.98 Å². The number of anilines is 2. The van der Waals surface area contributed by atoms with E-state index in [-0.39, 0.29) is 0 Å². The fraction of sp³-hybridized carbons (Fsp3) is 0.545. The molecule has 2 heterocycles. The summed E-state index contributed by atoms with van der Waals surface area (Å²) in [5.41, 5.74) is 7.38. The third kappa shape index (κ3) is 2.78. The van der Waals surface area contributed by atoms with Crippen molar-refractivity contribution in [2.24, 2.45) is 5.92 Å². The number of nitrogens with two attached hydrogens (primary N) is 1. The first-order valence-corrected chi connectivity index (χ1v) is 6.46. The maximum absolute atomic E-state index is 5.71. The van der Waals surface area contributed by atoms with Crippen molar-refractivity contribution in [1.29, 1.82) is 0 Å². The van der Waals surface area contributed by atoms with Crippen LogP contribution in [0.4, 0.5) is 11.5 Å². The summed E-state index contributed by atoms with van der Waals surface area (Å²) in [5.74, 6) is 4.33. The van der Waals surface area contributed by atoms with E-state index in [1.807, 2.05) is 30.8 Å². The molecule has 0 aliphatic carbocycles. The van der Waals surface area contributed by atoms with E-state index in [0.29, 0.717) is 0 Å². The molecule has 0 radical (unpaired) electrons. The van der Waals surface area contributed by atoms with Crippen molar-refractivity contribution in [3.8, 4) is 0 Å². The topological polar surface area (TPSA) is 50.9 Å². The predicted molar refractivity (Wildman–Crippen MR) is 67.3 cm³/mol. The van der Waals surface area contributed by atoms with Crippen LogP contribution in [0.25, 0.3) is 0 Å². The summed E-state index contributed by atoms with van der Waals surface area (Å²) in [5, 5.41) is 3.37. The van der Waals surface area contributed by atoms with Crippen LogP contribution in [-0.4, -0.2) is 23.0 Å². The first-order valence-electron chi connectivity index (χ1n) is 5.30. The summed E-state index contributed by atoms with van der Waals surface area (Å²) in [4.78, 5) is 4.39. The average Bonchev–Trinajstić information content (AvgIpc) is 2.73. The fourth-order valence-corrected chi connectivity index (χ4v) is 2.95. The van der Waals surface area contributed by atoms with E-state index in [9.17, 15) is 0 Å². The van der Waals surface area contributed by atoms with Gasteiger partial charge in [-0.3, -0.25) is 0 Å². The van der Waals surface area contributed by atoms with Gasteiger partial charge in [-0.05, 0) is 42.9 Å². The second kappa shape index (κ2) is 4.75. The SMILES string of the molecule is Cc1nc(NCC2CCSC2)ccc1N. The molecule has 1 aliphatic rings. The highest BCUT2D eigenvalue weighted by atomic mass is 32.2. The van der Waals surface area contributed by atoms with Crippen molar-refractivity contribution in [2.75, 3.05) is 29.1 Å². The molecule has 82 valence electrons. The number of pyridine rings is 1. The molecule has 3 nitrogen and oxygen atoms in total. The largest absolute Gasteiger partial charge is 0.397 e. The van der Waals surface area contributed by atoms with Gasteiger partial charge in [-0.15, -0.1) is 0 Å². The smallest absolute Gasteiger partial charge is 0.126 e. The second-order valence-corrected chi connectivity index (χ2v) is 5.13. The summed E-state index contributed by atoms with van der Waals surface area (Å²) in [7, 11) is 0. The number of thioether (sulfide) groups is 1. The zero-order valence-electron chi connectivity index (χ0n) is 8.99. The molecule has 1 atom stereocenters. The van der Waals surface area contributed by atoms with Gasteiger partial charge in [-0.25, -0.2) is 4.98 Å². The number of rotatable bonds is 3. The van der Waals surface area contributed by atoms with Gasteiger partial charge in [0.1, 0.15) is 5.82 Å². The lowest BCUT2D eigenvalue weighted by atomic mass is 10.1. The van der Waals surface area contributed by atoms with E-state index in [4.69, 9.17) is 5.73 Å². The first kappa shape index (κ1) is 10.6. The Morgan fingerprint density at radius 1 is 1.60 bits per heavy atom. The number of hydrogen-bond donors (Lipinski definition) is 2. The van der Waals surface area contributed by atoms with Gasteiger partial charge in [0.15, 0.2) is 0 Å². The first-order chi connectivity index (χ1) is 7.25. The molecule has 15 heavy (non-hydrogen) atoms. The van der Waals surface area contributed by atoms with Crippen molar-refractivity contribution >= 4 is 23.3 Å². The van der Waals surface area contributed by atoms with Crippen LogP contribution in [0.1, 0.15) is 12.1 Å². The van der Waals surface area contributed by atoms with Gasteiger partial charge in [0, 0.05) is 6.54 Å². The van der Waals surface area contributed by atoms with Crippen LogP contribution >= 0.6 is 11.8 Å². The molecule has 1 aliphatic heterocycles. The van der Waals surface area contributed by atoms with Crippen molar-refractivity contribution < 1.29 is 0 Å². The normalized spacial score (nSPS) is 20.5. The molecule has 0 spiro atoms. The number of nitrogen functional groups attached to an aromatic ring is 1. The van der Waals surface area contributed by atoms with Crippen molar-refractivity contribution in [3.63, 3.8) is 0 Å². The lowest BCUT2D eigenvalue weighted by Gasteiger charge is -2.11. The van der Waals surface area contributed by atoms with E-state index in [1.54, 1.807) is 0 Å². The van der Waals surface area contributed by atoms with E-state index in [0.717, 1.165) is 29.7 Å². The summed E-state index contributed by atoms with van der Waals surface area (Å²) in [6, 6.07) is 3.86. The number of nitrogens with zero attached hydrogens (tertiary/aromatic N) is 1. The van der Waals surface area contributed by atoms with Gasteiger partial charge in [-0.1, -0.05) is 0 Å². The molecule has 0 bridgehead atoms. The molecule has 1 aromatic rings. The van der Waals surface area contributed by atoms with Gasteiger partial charge in [0.05, 0.1) is 11.4 Å². The van der Waals surface area contributed by atoms with Crippen LogP contribution in [-0.2, 0) is 0 Å². The van der Waals surface area contributed by atoms with Gasteiger partial charge in [0.25, 0.3) is 0 Å². The molecule has 0 saturated carbocycles. The highest BCUT2D eigenvalue weighted by Crippen LogP contribution is 2.23. The summed E-state index contributed by atoms with van der Waals surface area (Å²) in [6.07, 6.45) is 1.33. The molecule has 1 saturated heterocycles. The monoisotopic (exact) mass is 223 g/mol. The molecule has 3 N–H and O–H groups in total. The Kier molecular flexibility index (Phi) is 3.36. The summed E-state index contributed by atoms with van der Waals surface area (Å²) < 4.78 is 0. The van der Waals surface area contributed by atoms with Crippen molar-refractivity contribution in [3.05, 3.63) is 17.8 Å². The summed E-state index contributed by atoms with van der Waals surface area (Å²) in [6.45, 7) is 2.97. The Morgan fingerprint density at radius 2 is 2.47 bits per heavy atom. The standard InChI is InChI=1S/C11H17N3S/c1-8-10(12)2-3-11(14-8)13-6-9-4-5-15-7-9/h2-3,9H,4-7,12H2,1H3,(H,13,14). The molecular weight excluding hydrogens is 206 g/mol. The highest BCUT2D eigenvalue weighted by molar-refractivity contribution is 7.99. The minimum atomic E-state index is 0.761. The minimum Gasteiger partial charge on any atom is -0.397 e. The van der Waals surface area contributed by atoms with E-state index in [1.165, 1.54) is 17.9 Å². The zero-order valence-corrected chi connectivity index (χ0v) is 9.81. The zero-order chi connectivity index (χ0) is 10.7. The Balaban J connectivity index is 1.90. The van der Waals surface area contributed by atoms with Gasteiger partial charge >= 0.3 is 0 Å². The highest BCUT2D eigenvalue weighted by Gasteiger charge is 2.14. The second-order valence-electron chi connectivity index (χ2n) is 3.98. The molecule has 0 aromatic carbocycles. The Labute approximate surface area is 94.8 Å². The van der Waals surface area contributed by atoms with Crippen LogP contribution in [0.5, 0.6) is 0 Å². The molecule has 0 amide bonds. The number of aromatic nitrogens is 1. The lowest BCUT2D eigenvalue weighted by Crippen LogP contribution is -2.14. The predicted octanol–water partition coefficient (Wildman–Crippen LogP) is 2.14. The molecule has 2 rings (SSSR count). The minimum absolute atomic E-state index is 0.761. The Morgan fingerprint density at radius 3 is 3.13 bits per heavy atom. The van der Waals surface area contributed by atoms with E-state index >= 15 is 0 Å². The van der Waals surface area contributed by atoms with Crippen LogP contribution < -0.4 is 11.1 Å². The fourth-order valence-electron chi connectivity index (χ4n) is 1.66. The van der Waals surface area contributed by atoms with Crippen molar-refractivity contribution in [2.45, 2.75) is 13.3 Å². The van der Waals surface area contributed by atoms with Gasteiger partial charge < -0.3 is 11.1 Å².